The molecule has 0 saturated carbocycles. The third-order valence-electron chi connectivity index (χ3n) is 4.46. The molecule has 1 aromatic heterocycles. The van der Waals surface area contributed by atoms with Crippen molar-refractivity contribution in [1.82, 2.24) is 9.88 Å². The van der Waals surface area contributed by atoms with E-state index in [4.69, 9.17) is 16.3 Å². The first kappa shape index (κ1) is 20.9. The average Bonchev–Trinajstić information content (AvgIpc) is 3.13. The number of aromatic nitrogens is 1. The molecule has 1 aliphatic rings. The lowest BCUT2D eigenvalue weighted by Crippen LogP contribution is -2.39. The summed E-state index contributed by atoms with van der Waals surface area (Å²) < 4.78 is 19.2. The van der Waals surface area contributed by atoms with Gasteiger partial charge in [-0.3, -0.25) is 0 Å². The molecule has 2 aromatic rings. The number of ether oxygens (including phenoxy) is 1. The molecule has 29 heavy (non-hydrogen) atoms. The van der Waals surface area contributed by atoms with Crippen molar-refractivity contribution in [3.8, 4) is 6.07 Å². The molecule has 152 valence electrons. The Bertz CT molecular complexity index is 954. The van der Waals surface area contributed by atoms with E-state index >= 15 is 0 Å². The fourth-order valence-electron chi connectivity index (χ4n) is 3.23. The van der Waals surface area contributed by atoms with Gasteiger partial charge in [-0.05, 0) is 57.5 Å². The normalized spacial score (nSPS) is 16.4. The Morgan fingerprint density at radius 1 is 1.38 bits per heavy atom. The zero-order valence-corrected chi connectivity index (χ0v) is 17.3. The summed E-state index contributed by atoms with van der Waals surface area (Å²) in [6.45, 7) is 6.39. The van der Waals surface area contributed by atoms with Gasteiger partial charge in [-0.1, -0.05) is 17.7 Å². The Balaban J connectivity index is 1.93. The van der Waals surface area contributed by atoms with Crippen molar-refractivity contribution in [1.29, 1.82) is 5.26 Å². The van der Waals surface area contributed by atoms with Crippen LogP contribution in [0.25, 0.3) is 0 Å². The summed E-state index contributed by atoms with van der Waals surface area (Å²) in [6.07, 6.45) is 0.281. The maximum absolute atomic E-state index is 13.7. The number of benzene rings is 1. The van der Waals surface area contributed by atoms with Crippen LogP contribution in [0.1, 0.15) is 32.9 Å². The number of hydrogen-bond acceptors (Lipinski definition) is 5. The van der Waals surface area contributed by atoms with Crippen molar-refractivity contribution in [2.24, 2.45) is 0 Å². The number of pyridine rings is 1. The first-order chi connectivity index (χ1) is 13.7. The number of hydrogen-bond donors (Lipinski definition) is 0. The van der Waals surface area contributed by atoms with Crippen molar-refractivity contribution in [2.45, 2.75) is 38.8 Å². The van der Waals surface area contributed by atoms with Gasteiger partial charge in [-0.15, -0.1) is 0 Å². The third-order valence-corrected chi connectivity index (χ3v) is 4.75. The predicted octanol–water partition coefficient (Wildman–Crippen LogP) is 4.89. The highest BCUT2D eigenvalue weighted by molar-refractivity contribution is 6.31. The second-order valence-corrected chi connectivity index (χ2v) is 8.24. The highest BCUT2D eigenvalue weighted by Gasteiger charge is 2.34. The number of carbonyl (C=O) groups is 1. The Morgan fingerprint density at radius 3 is 2.79 bits per heavy atom. The monoisotopic (exact) mass is 416 g/mol. The van der Waals surface area contributed by atoms with Crippen LogP contribution in [-0.2, 0) is 4.74 Å². The number of rotatable bonds is 3. The van der Waals surface area contributed by atoms with Gasteiger partial charge in [-0.25, -0.2) is 14.2 Å². The predicted molar refractivity (Wildman–Crippen MR) is 109 cm³/mol. The number of likely N-dealkylation sites (tertiary alicyclic amines) is 1. The lowest BCUT2D eigenvalue weighted by atomic mass is 10.1. The maximum atomic E-state index is 13.7. The van der Waals surface area contributed by atoms with Crippen LogP contribution in [0.4, 0.5) is 20.7 Å². The number of halogens is 2. The second-order valence-electron chi connectivity index (χ2n) is 7.83. The Kier molecular flexibility index (Phi) is 5.94. The molecular weight excluding hydrogens is 395 g/mol. The van der Waals surface area contributed by atoms with E-state index in [1.807, 2.05) is 31.7 Å². The summed E-state index contributed by atoms with van der Waals surface area (Å²) in [5.41, 5.74) is 0.319. The minimum absolute atomic E-state index is 0.00840. The van der Waals surface area contributed by atoms with Crippen LogP contribution < -0.4 is 4.90 Å². The quantitative estimate of drug-likeness (QED) is 0.712. The van der Waals surface area contributed by atoms with E-state index in [1.54, 1.807) is 29.2 Å². The molecular formula is C21H22ClFN4O2. The van der Waals surface area contributed by atoms with Crippen molar-refractivity contribution >= 4 is 29.2 Å². The fraction of sp³-hybridized carbons (Fsp3) is 0.381. The molecule has 1 saturated heterocycles. The highest BCUT2D eigenvalue weighted by Crippen LogP contribution is 2.33. The summed E-state index contributed by atoms with van der Waals surface area (Å²) in [5.74, 6) is 0.0127. The number of anilines is 2. The van der Waals surface area contributed by atoms with Gasteiger partial charge in [0, 0.05) is 18.8 Å². The van der Waals surface area contributed by atoms with Gasteiger partial charge >= 0.3 is 6.09 Å². The summed E-state index contributed by atoms with van der Waals surface area (Å²) in [5, 5.41) is 9.20. The molecule has 1 amide bonds. The van der Waals surface area contributed by atoms with Gasteiger partial charge < -0.3 is 14.5 Å². The van der Waals surface area contributed by atoms with Gasteiger partial charge in [0.05, 0.1) is 11.1 Å². The minimum Gasteiger partial charge on any atom is -0.444 e. The molecule has 0 bridgehead atoms. The van der Waals surface area contributed by atoms with Gasteiger partial charge in [0.25, 0.3) is 0 Å². The van der Waals surface area contributed by atoms with Crippen LogP contribution in [0.2, 0.25) is 5.02 Å². The number of carbonyl (C=O) groups excluding carboxylic acids is 1. The number of nitriles is 1. The minimum atomic E-state index is -0.581. The molecule has 1 aliphatic heterocycles. The fourth-order valence-corrected chi connectivity index (χ4v) is 3.40. The second kappa shape index (κ2) is 8.26. The average molecular weight is 417 g/mol. The maximum Gasteiger partial charge on any atom is 0.410 e. The molecule has 0 aliphatic carbocycles. The Labute approximate surface area is 174 Å². The van der Waals surface area contributed by atoms with E-state index in [9.17, 15) is 14.4 Å². The Hall–Kier alpha value is -2.85. The van der Waals surface area contributed by atoms with Crippen molar-refractivity contribution in [2.75, 3.05) is 18.0 Å². The van der Waals surface area contributed by atoms with E-state index in [-0.39, 0.29) is 22.9 Å². The standard InChI is InChI=1S/C21H22ClFN4O2/c1-21(2,3)29-20(28)26-10-9-16(13-26)27(15-7-8-18(23)17(22)11-15)19-6-4-5-14(12-24)25-19/h4-8,11,16H,9-10,13H2,1-3H3/t16-/m0/s1. The first-order valence-corrected chi connectivity index (χ1v) is 9.65. The largest absolute Gasteiger partial charge is 0.444 e. The summed E-state index contributed by atoms with van der Waals surface area (Å²) in [4.78, 5) is 20.4. The summed E-state index contributed by atoms with van der Waals surface area (Å²) >= 11 is 6.00. The van der Waals surface area contributed by atoms with E-state index in [1.165, 1.54) is 12.1 Å². The van der Waals surface area contributed by atoms with Crippen LogP contribution in [0.5, 0.6) is 0 Å². The van der Waals surface area contributed by atoms with Crippen LogP contribution >= 0.6 is 11.6 Å². The molecule has 8 heteroatoms. The molecule has 6 nitrogen and oxygen atoms in total. The van der Waals surface area contributed by atoms with Gasteiger partial charge in [-0.2, -0.15) is 5.26 Å². The molecule has 0 spiro atoms. The topological polar surface area (TPSA) is 69.5 Å². The smallest absolute Gasteiger partial charge is 0.410 e. The zero-order chi connectivity index (χ0) is 21.2. The van der Waals surface area contributed by atoms with E-state index in [2.05, 4.69) is 4.98 Å². The highest BCUT2D eigenvalue weighted by atomic mass is 35.5. The molecule has 1 aromatic carbocycles. The van der Waals surface area contributed by atoms with Crippen molar-refractivity contribution < 1.29 is 13.9 Å². The first-order valence-electron chi connectivity index (χ1n) is 9.27. The summed E-state index contributed by atoms with van der Waals surface area (Å²) in [7, 11) is 0. The van der Waals surface area contributed by atoms with Crippen molar-refractivity contribution in [3.63, 3.8) is 0 Å². The molecule has 1 fully saturated rings. The Morgan fingerprint density at radius 2 is 2.14 bits per heavy atom. The molecule has 0 unspecified atom stereocenters. The van der Waals surface area contributed by atoms with Gasteiger partial charge in [0.15, 0.2) is 0 Å². The van der Waals surface area contributed by atoms with E-state index in [0.717, 1.165) is 0 Å². The lowest BCUT2D eigenvalue weighted by Gasteiger charge is -2.31. The van der Waals surface area contributed by atoms with Crippen LogP contribution in [0, 0.1) is 17.1 Å². The molecule has 2 heterocycles. The van der Waals surface area contributed by atoms with Gasteiger partial charge in [0.1, 0.15) is 29.0 Å². The number of amides is 1. The zero-order valence-electron chi connectivity index (χ0n) is 16.5. The van der Waals surface area contributed by atoms with Crippen LogP contribution in [0.3, 0.4) is 0 Å². The van der Waals surface area contributed by atoms with Crippen LogP contribution in [-0.4, -0.2) is 40.7 Å². The molecule has 3 rings (SSSR count). The SMILES string of the molecule is CC(C)(C)OC(=O)N1CC[C@H](N(c2ccc(F)c(Cl)c2)c2cccc(C#N)n2)C1. The third kappa shape index (κ3) is 4.96. The van der Waals surface area contributed by atoms with E-state index in [0.29, 0.717) is 31.0 Å². The van der Waals surface area contributed by atoms with Gasteiger partial charge in [0.2, 0.25) is 0 Å². The molecule has 1 atom stereocenters. The van der Waals surface area contributed by atoms with Crippen molar-refractivity contribution in [3.05, 3.63) is 52.9 Å². The lowest BCUT2D eigenvalue weighted by molar-refractivity contribution is 0.0293. The summed E-state index contributed by atoms with van der Waals surface area (Å²) in [6, 6.07) is 11.4. The van der Waals surface area contributed by atoms with Crippen LogP contribution in [0.15, 0.2) is 36.4 Å². The number of nitrogens with zero attached hydrogens (tertiary/aromatic N) is 4. The van der Waals surface area contributed by atoms with E-state index < -0.39 is 11.4 Å². The molecule has 0 N–H and O–H groups in total. The molecule has 0 radical (unpaired) electrons.